The molecule has 0 aliphatic rings. The minimum Gasteiger partial charge on any atom is -0.546 e. The number of hydrazone groups is 1. The zero-order valence-electron chi connectivity index (χ0n) is 14.3. The number of benzene rings is 2. The van der Waals surface area contributed by atoms with E-state index in [1.165, 1.54) is 19.4 Å². The van der Waals surface area contributed by atoms with Crippen molar-refractivity contribution >= 4 is 29.7 Å². The number of nitrogens with one attached hydrogen (secondary N) is 2. The number of ether oxygens (including phenoxy) is 2. The van der Waals surface area contributed by atoms with Gasteiger partial charge in [0.25, 0.3) is 0 Å². The molecule has 0 atom stereocenters. The first-order valence-electron chi connectivity index (χ1n) is 7.69. The largest absolute Gasteiger partial charge is 0.546 e. The maximum atomic E-state index is 11.9. The molecule has 2 aromatic rings. The van der Waals surface area contributed by atoms with Crippen LogP contribution in [0.25, 0.3) is 0 Å². The van der Waals surface area contributed by atoms with E-state index in [0.717, 1.165) is 0 Å². The van der Waals surface area contributed by atoms with E-state index >= 15 is 0 Å². The highest BCUT2D eigenvalue weighted by atomic mass is 16.5. The molecule has 0 bridgehead atoms. The third-order valence-electron chi connectivity index (χ3n) is 3.17. The number of aliphatic carboxylic acids is 1. The molecule has 27 heavy (non-hydrogen) atoms. The predicted molar refractivity (Wildman–Crippen MR) is 94.3 cm³/mol. The average Bonchev–Trinajstić information content (AvgIpc) is 2.67. The fraction of sp³-hybridized carbons (Fsp3) is 0.111. The van der Waals surface area contributed by atoms with Crippen LogP contribution in [0.2, 0.25) is 0 Å². The fourth-order valence-corrected chi connectivity index (χ4v) is 1.96. The first-order chi connectivity index (χ1) is 13.0. The summed E-state index contributed by atoms with van der Waals surface area (Å²) in [6, 6.07) is 12.9. The number of anilines is 1. The van der Waals surface area contributed by atoms with Crippen molar-refractivity contribution in [2.75, 3.05) is 19.0 Å². The van der Waals surface area contributed by atoms with Gasteiger partial charge in [-0.15, -0.1) is 0 Å². The smallest absolute Gasteiger partial charge is 0.329 e. The maximum absolute atomic E-state index is 11.9. The number of para-hydroxylation sites is 1. The van der Waals surface area contributed by atoms with E-state index in [-0.39, 0.29) is 5.75 Å². The van der Waals surface area contributed by atoms with Crippen LogP contribution in [0.1, 0.15) is 5.56 Å². The highest BCUT2D eigenvalue weighted by Gasteiger charge is 2.13. The van der Waals surface area contributed by atoms with Gasteiger partial charge in [-0.2, -0.15) is 5.10 Å². The topological polar surface area (TPSA) is 129 Å². The SMILES string of the molecule is COc1cccc(NC(=O)C(=O)N/N=C\c2ccccc2OCC(=O)[O-])c1. The molecule has 0 radical (unpaired) electrons. The fourth-order valence-electron chi connectivity index (χ4n) is 1.96. The molecule has 9 heteroatoms. The Balaban J connectivity index is 1.94. The van der Waals surface area contributed by atoms with Crippen molar-refractivity contribution < 1.29 is 29.0 Å². The van der Waals surface area contributed by atoms with Crippen molar-refractivity contribution in [3.8, 4) is 11.5 Å². The van der Waals surface area contributed by atoms with Gasteiger partial charge in [0.2, 0.25) is 0 Å². The van der Waals surface area contributed by atoms with Crippen molar-refractivity contribution in [3.05, 3.63) is 54.1 Å². The third kappa shape index (κ3) is 6.16. The number of carbonyl (C=O) groups is 3. The molecule has 0 saturated carbocycles. The van der Waals surface area contributed by atoms with Crippen LogP contribution in [-0.4, -0.2) is 37.7 Å². The van der Waals surface area contributed by atoms with Crippen LogP contribution in [0.4, 0.5) is 5.69 Å². The van der Waals surface area contributed by atoms with Crippen LogP contribution >= 0.6 is 0 Å². The molecule has 0 spiro atoms. The summed E-state index contributed by atoms with van der Waals surface area (Å²) in [4.78, 5) is 34.1. The summed E-state index contributed by atoms with van der Waals surface area (Å²) in [6.45, 7) is -0.625. The van der Waals surface area contributed by atoms with Gasteiger partial charge in [-0.3, -0.25) is 9.59 Å². The molecule has 2 rings (SSSR count). The molecule has 2 N–H and O–H groups in total. The standard InChI is InChI=1S/C18H17N3O6/c1-26-14-7-4-6-13(9-14)20-17(24)18(25)21-19-10-12-5-2-3-8-15(12)27-11-16(22)23/h2-10H,11H2,1H3,(H,20,24)(H,21,25)(H,22,23)/p-1/b19-10-. The van der Waals surface area contributed by atoms with Gasteiger partial charge in [-0.1, -0.05) is 18.2 Å². The Bertz CT molecular complexity index is 866. The Labute approximate surface area is 154 Å². The van der Waals surface area contributed by atoms with E-state index in [1.807, 2.05) is 0 Å². The van der Waals surface area contributed by atoms with Crippen molar-refractivity contribution in [2.24, 2.45) is 5.10 Å². The zero-order chi connectivity index (χ0) is 19.6. The second-order valence-electron chi connectivity index (χ2n) is 5.08. The number of methoxy groups -OCH3 is 1. The van der Waals surface area contributed by atoms with Crippen LogP contribution in [0.5, 0.6) is 11.5 Å². The molecule has 0 unspecified atom stereocenters. The first-order valence-corrected chi connectivity index (χ1v) is 7.69. The quantitative estimate of drug-likeness (QED) is 0.398. The van der Waals surface area contributed by atoms with Crippen LogP contribution in [0.15, 0.2) is 53.6 Å². The minimum absolute atomic E-state index is 0.237. The number of nitrogens with zero attached hydrogens (tertiary/aromatic N) is 1. The first kappa shape index (κ1) is 19.4. The Morgan fingerprint density at radius 1 is 1.11 bits per heavy atom. The molecule has 0 saturated heterocycles. The number of hydrogen-bond acceptors (Lipinski definition) is 7. The van der Waals surface area contributed by atoms with Crippen LogP contribution in [0, 0.1) is 0 Å². The van der Waals surface area contributed by atoms with E-state index in [9.17, 15) is 19.5 Å². The number of carbonyl (C=O) groups excluding carboxylic acids is 3. The molecular weight excluding hydrogens is 354 g/mol. The third-order valence-corrected chi connectivity index (χ3v) is 3.17. The molecule has 0 heterocycles. The maximum Gasteiger partial charge on any atom is 0.329 e. The summed E-state index contributed by atoms with van der Waals surface area (Å²) < 4.78 is 10.1. The molecule has 9 nitrogen and oxygen atoms in total. The summed E-state index contributed by atoms with van der Waals surface area (Å²) in [6.07, 6.45) is 1.22. The summed E-state index contributed by atoms with van der Waals surface area (Å²) in [5, 5.41) is 16.6. The van der Waals surface area contributed by atoms with Gasteiger partial charge >= 0.3 is 11.8 Å². The lowest BCUT2D eigenvalue weighted by Crippen LogP contribution is -2.32. The summed E-state index contributed by atoms with van der Waals surface area (Å²) in [5.74, 6) is -2.51. The molecule has 2 amide bonds. The van der Waals surface area contributed by atoms with Crippen molar-refractivity contribution in [1.82, 2.24) is 5.43 Å². The summed E-state index contributed by atoms with van der Waals surface area (Å²) in [7, 11) is 1.48. The molecule has 140 valence electrons. The van der Waals surface area contributed by atoms with Crippen LogP contribution < -0.4 is 25.3 Å². The van der Waals surface area contributed by atoms with Gasteiger partial charge in [0.15, 0.2) is 0 Å². The van der Waals surface area contributed by atoms with Crippen molar-refractivity contribution in [3.63, 3.8) is 0 Å². The van der Waals surface area contributed by atoms with Crippen molar-refractivity contribution in [1.29, 1.82) is 0 Å². The molecule has 0 aromatic heterocycles. The Kier molecular flexibility index (Phi) is 6.89. The molecule has 2 aromatic carbocycles. The van der Waals surface area contributed by atoms with Gasteiger partial charge in [-0.25, -0.2) is 5.43 Å². The lowest BCUT2D eigenvalue weighted by molar-refractivity contribution is -0.307. The number of amides is 2. The van der Waals surface area contributed by atoms with Gasteiger partial charge in [-0.05, 0) is 24.3 Å². The second kappa shape index (κ2) is 9.56. The molecule has 0 aliphatic carbocycles. The monoisotopic (exact) mass is 370 g/mol. The van der Waals surface area contributed by atoms with Gasteiger partial charge in [0, 0.05) is 17.3 Å². The van der Waals surface area contributed by atoms with Crippen LogP contribution in [-0.2, 0) is 14.4 Å². The van der Waals surface area contributed by atoms with Gasteiger partial charge in [0.1, 0.15) is 18.1 Å². The van der Waals surface area contributed by atoms with E-state index in [0.29, 0.717) is 17.0 Å². The van der Waals surface area contributed by atoms with Crippen molar-refractivity contribution in [2.45, 2.75) is 0 Å². The highest BCUT2D eigenvalue weighted by Crippen LogP contribution is 2.17. The van der Waals surface area contributed by atoms with Gasteiger partial charge < -0.3 is 24.7 Å². The Morgan fingerprint density at radius 3 is 2.63 bits per heavy atom. The zero-order valence-corrected chi connectivity index (χ0v) is 14.3. The van der Waals surface area contributed by atoms with E-state index in [4.69, 9.17) is 9.47 Å². The lowest BCUT2D eigenvalue weighted by Gasteiger charge is -2.09. The second-order valence-corrected chi connectivity index (χ2v) is 5.08. The average molecular weight is 370 g/mol. The summed E-state index contributed by atoms with van der Waals surface area (Å²) >= 11 is 0. The summed E-state index contributed by atoms with van der Waals surface area (Å²) in [5.41, 5.74) is 2.87. The molecular formula is C18H16N3O6-. The number of hydrogen-bond donors (Lipinski definition) is 2. The Morgan fingerprint density at radius 2 is 1.89 bits per heavy atom. The Hall–Kier alpha value is -3.88. The lowest BCUT2D eigenvalue weighted by atomic mass is 10.2. The van der Waals surface area contributed by atoms with Gasteiger partial charge in [0.05, 0.1) is 19.3 Å². The van der Waals surface area contributed by atoms with E-state index in [2.05, 4.69) is 15.8 Å². The normalized spacial score (nSPS) is 10.3. The minimum atomic E-state index is -1.37. The predicted octanol–water partition coefficient (Wildman–Crippen LogP) is -0.0873. The number of rotatable bonds is 7. The van der Waals surface area contributed by atoms with E-state index < -0.39 is 24.4 Å². The molecule has 0 aliphatic heterocycles. The highest BCUT2D eigenvalue weighted by molar-refractivity contribution is 6.39. The molecule has 0 fully saturated rings. The van der Waals surface area contributed by atoms with E-state index in [1.54, 1.807) is 42.5 Å². The van der Waals surface area contributed by atoms with Crippen LogP contribution in [0.3, 0.4) is 0 Å². The number of carboxylic acids is 1. The number of carboxylic acid groups (broad SMARTS) is 1.